The van der Waals surface area contributed by atoms with Gasteiger partial charge in [0.2, 0.25) is 0 Å². The van der Waals surface area contributed by atoms with Crippen molar-refractivity contribution in [3.8, 4) is 6.07 Å². The maximum absolute atomic E-state index is 12.5. The van der Waals surface area contributed by atoms with E-state index in [4.69, 9.17) is 10.1 Å². The van der Waals surface area contributed by atoms with Crippen molar-refractivity contribution in [1.82, 2.24) is 21.1 Å². The Kier molecular flexibility index (Phi) is 8.23. The predicted octanol–water partition coefficient (Wildman–Crippen LogP) is 4.06. The second-order valence-corrected chi connectivity index (χ2v) is 8.41. The molecule has 7 heteroatoms. The lowest BCUT2D eigenvalue weighted by Gasteiger charge is -2.12. The smallest absolute Gasteiger partial charge is 0.252 e. The third-order valence-corrected chi connectivity index (χ3v) is 5.85. The van der Waals surface area contributed by atoms with Gasteiger partial charge in [-0.15, -0.1) is 5.48 Å². The van der Waals surface area contributed by atoms with Crippen LogP contribution in [0.3, 0.4) is 0 Å². The fraction of sp³-hybridized carbons (Fsp3) is 0.250. The summed E-state index contributed by atoms with van der Waals surface area (Å²) in [4.78, 5) is 22.4. The standard InChI is InChI=1S/C28H29N5O2/c1-2-25(17-29)32-28(34)24-10-4-8-22(15-24)26-16-27(35-33-26)23-9-3-6-21(14-23)19-31-13-11-20-7-5-12-30-18-20/h3-10,12,14-16,18,25-26,31,33H,2,11,13,19H2,1H3,(H,32,34). The third-order valence-electron chi connectivity index (χ3n) is 5.85. The molecule has 0 bridgehead atoms. The molecule has 3 aromatic rings. The Morgan fingerprint density at radius 1 is 1.17 bits per heavy atom. The molecule has 178 valence electrons. The molecule has 2 heterocycles. The minimum Gasteiger partial charge on any atom is -0.407 e. The summed E-state index contributed by atoms with van der Waals surface area (Å²) < 4.78 is 0. The summed E-state index contributed by atoms with van der Waals surface area (Å²) in [6.07, 6.45) is 7.18. The van der Waals surface area contributed by atoms with Crippen LogP contribution in [0.4, 0.5) is 0 Å². The SMILES string of the molecule is CCC(C#N)NC(=O)c1cccc(C2C=C(c3cccc(CNCCc4cccnc4)c3)ON2)c1. The van der Waals surface area contributed by atoms with Crippen LogP contribution in [0, 0.1) is 11.3 Å². The number of hydroxylamine groups is 1. The number of aromatic nitrogens is 1. The van der Waals surface area contributed by atoms with E-state index in [1.165, 1.54) is 11.1 Å². The molecule has 0 saturated carbocycles. The highest BCUT2D eigenvalue weighted by atomic mass is 16.7. The Morgan fingerprint density at radius 3 is 2.83 bits per heavy atom. The summed E-state index contributed by atoms with van der Waals surface area (Å²) in [7, 11) is 0. The van der Waals surface area contributed by atoms with Crippen molar-refractivity contribution in [3.05, 3.63) is 107 Å². The van der Waals surface area contributed by atoms with E-state index in [2.05, 4.69) is 45.4 Å². The van der Waals surface area contributed by atoms with Gasteiger partial charge in [-0.2, -0.15) is 5.26 Å². The molecule has 0 aliphatic carbocycles. The van der Waals surface area contributed by atoms with Crippen molar-refractivity contribution in [2.24, 2.45) is 0 Å². The molecular formula is C28H29N5O2. The van der Waals surface area contributed by atoms with E-state index in [1.54, 1.807) is 12.3 Å². The second kappa shape index (κ2) is 11.9. The van der Waals surface area contributed by atoms with Gasteiger partial charge in [-0.05, 0) is 66.4 Å². The van der Waals surface area contributed by atoms with E-state index in [9.17, 15) is 4.79 Å². The quantitative estimate of drug-likeness (QED) is 0.389. The fourth-order valence-corrected chi connectivity index (χ4v) is 3.85. The summed E-state index contributed by atoms with van der Waals surface area (Å²) >= 11 is 0. The Bertz CT molecular complexity index is 1220. The van der Waals surface area contributed by atoms with E-state index in [0.717, 1.165) is 36.4 Å². The maximum atomic E-state index is 12.5. The molecule has 1 aromatic heterocycles. The topological polar surface area (TPSA) is 99.1 Å². The highest BCUT2D eigenvalue weighted by molar-refractivity contribution is 5.94. The number of amides is 1. The highest BCUT2D eigenvalue weighted by Gasteiger charge is 2.21. The fourth-order valence-electron chi connectivity index (χ4n) is 3.85. The molecule has 7 nitrogen and oxygen atoms in total. The van der Waals surface area contributed by atoms with Crippen molar-refractivity contribution < 1.29 is 9.63 Å². The number of nitrogens with one attached hydrogen (secondary N) is 3. The molecule has 1 aliphatic rings. The molecule has 2 atom stereocenters. The average Bonchev–Trinajstić information content (AvgIpc) is 3.41. The summed E-state index contributed by atoms with van der Waals surface area (Å²) in [5.41, 5.74) is 7.83. The molecule has 1 aliphatic heterocycles. The van der Waals surface area contributed by atoms with Crippen LogP contribution < -0.4 is 16.1 Å². The minimum absolute atomic E-state index is 0.183. The first kappa shape index (κ1) is 24.1. The summed E-state index contributed by atoms with van der Waals surface area (Å²) in [5, 5.41) is 15.3. The molecule has 4 rings (SSSR count). The molecule has 0 saturated heterocycles. The molecular weight excluding hydrogens is 438 g/mol. The summed E-state index contributed by atoms with van der Waals surface area (Å²) in [5.74, 6) is 0.490. The molecule has 0 radical (unpaired) electrons. The van der Waals surface area contributed by atoms with Crippen LogP contribution in [-0.2, 0) is 17.8 Å². The molecule has 1 amide bonds. The first-order valence-electron chi connectivity index (χ1n) is 11.8. The summed E-state index contributed by atoms with van der Waals surface area (Å²) in [6.45, 7) is 3.50. The largest absolute Gasteiger partial charge is 0.407 e. The van der Waals surface area contributed by atoms with E-state index < -0.39 is 6.04 Å². The van der Waals surface area contributed by atoms with Gasteiger partial charge in [-0.1, -0.05) is 43.3 Å². The van der Waals surface area contributed by atoms with E-state index in [-0.39, 0.29) is 11.9 Å². The highest BCUT2D eigenvalue weighted by Crippen LogP contribution is 2.29. The number of pyridine rings is 1. The Labute approximate surface area is 205 Å². The molecule has 35 heavy (non-hydrogen) atoms. The van der Waals surface area contributed by atoms with Gasteiger partial charge in [-0.3, -0.25) is 9.78 Å². The normalized spacial score (nSPS) is 15.5. The molecule has 2 aromatic carbocycles. The number of hydrogen-bond donors (Lipinski definition) is 3. The number of benzene rings is 2. The Morgan fingerprint density at radius 2 is 2.03 bits per heavy atom. The second-order valence-electron chi connectivity index (χ2n) is 8.41. The van der Waals surface area contributed by atoms with Crippen LogP contribution in [0.2, 0.25) is 0 Å². The van der Waals surface area contributed by atoms with Gasteiger partial charge in [0, 0.05) is 30.1 Å². The van der Waals surface area contributed by atoms with E-state index in [1.807, 2.05) is 55.6 Å². The number of carbonyl (C=O) groups excluding carboxylic acids is 1. The molecule has 0 spiro atoms. The Balaban J connectivity index is 1.37. The number of nitriles is 1. The molecule has 0 fully saturated rings. The first-order chi connectivity index (χ1) is 17.2. The van der Waals surface area contributed by atoms with Gasteiger partial charge < -0.3 is 15.5 Å². The van der Waals surface area contributed by atoms with Crippen LogP contribution in [0.5, 0.6) is 0 Å². The van der Waals surface area contributed by atoms with Gasteiger partial charge in [0.15, 0.2) is 5.76 Å². The van der Waals surface area contributed by atoms with Crippen LogP contribution >= 0.6 is 0 Å². The predicted molar refractivity (Wildman–Crippen MR) is 135 cm³/mol. The first-order valence-corrected chi connectivity index (χ1v) is 11.8. The van der Waals surface area contributed by atoms with Crippen molar-refractivity contribution in [2.75, 3.05) is 6.54 Å². The van der Waals surface area contributed by atoms with Gasteiger partial charge in [0.25, 0.3) is 5.91 Å². The lowest BCUT2D eigenvalue weighted by molar-refractivity contribution is 0.0944. The minimum atomic E-state index is -0.497. The number of carbonyl (C=O) groups is 1. The van der Waals surface area contributed by atoms with E-state index >= 15 is 0 Å². The van der Waals surface area contributed by atoms with E-state index in [0.29, 0.717) is 12.0 Å². The summed E-state index contributed by atoms with van der Waals surface area (Å²) in [6, 6.07) is 21.0. The van der Waals surface area contributed by atoms with Gasteiger partial charge in [0.05, 0.1) is 12.1 Å². The number of rotatable bonds is 10. The van der Waals surface area contributed by atoms with Crippen LogP contribution in [-0.4, -0.2) is 23.5 Å². The Hall–Kier alpha value is -3.99. The van der Waals surface area contributed by atoms with Gasteiger partial charge in [-0.25, -0.2) is 0 Å². The van der Waals surface area contributed by atoms with Crippen LogP contribution in [0.25, 0.3) is 5.76 Å². The lowest BCUT2D eigenvalue weighted by Crippen LogP contribution is -2.33. The average molecular weight is 468 g/mol. The van der Waals surface area contributed by atoms with Crippen LogP contribution in [0.1, 0.15) is 52.0 Å². The van der Waals surface area contributed by atoms with Gasteiger partial charge in [0.1, 0.15) is 6.04 Å². The van der Waals surface area contributed by atoms with Crippen LogP contribution in [0.15, 0.2) is 79.1 Å². The zero-order valence-electron chi connectivity index (χ0n) is 19.7. The monoisotopic (exact) mass is 467 g/mol. The number of hydrogen-bond acceptors (Lipinski definition) is 6. The lowest BCUT2D eigenvalue weighted by atomic mass is 10.0. The van der Waals surface area contributed by atoms with Gasteiger partial charge >= 0.3 is 0 Å². The third kappa shape index (κ3) is 6.54. The molecule has 2 unspecified atom stereocenters. The van der Waals surface area contributed by atoms with Crippen molar-refractivity contribution in [3.63, 3.8) is 0 Å². The number of nitrogens with zero attached hydrogens (tertiary/aromatic N) is 2. The van der Waals surface area contributed by atoms with Crippen molar-refractivity contribution in [1.29, 1.82) is 5.26 Å². The molecule has 3 N–H and O–H groups in total. The zero-order chi connectivity index (χ0) is 24.5. The zero-order valence-corrected chi connectivity index (χ0v) is 19.7. The van der Waals surface area contributed by atoms with Crippen molar-refractivity contribution >= 4 is 11.7 Å². The van der Waals surface area contributed by atoms with Crippen molar-refractivity contribution in [2.45, 2.75) is 38.4 Å². The maximum Gasteiger partial charge on any atom is 0.252 e.